The fourth-order valence-corrected chi connectivity index (χ4v) is 2.39. The third-order valence-corrected chi connectivity index (χ3v) is 3.58. The van der Waals surface area contributed by atoms with E-state index in [0.29, 0.717) is 13.2 Å². The van der Waals surface area contributed by atoms with Gasteiger partial charge in [0.25, 0.3) is 0 Å². The fraction of sp³-hybridized carbons (Fsp3) is 0.333. The van der Waals surface area contributed by atoms with Crippen LogP contribution in [0.2, 0.25) is 5.02 Å². The highest BCUT2D eigenvalue weighted by molar-refractivity contribution is 6.31. The molecule has 0 spiro atoms. The molecule has 0 saturated carbocycles. The molecule has 2 aromatic carbocycles. The second kappa shape index (κ2) is 8.66. The van der Waals surface area contributed by atoms with Crippen LogP contribution in [-0.4, -0.2) is 13.2 Å². The molecular formula is C18H22ClNO2. The molecule has 0 atom stereocenters. The normalized spacial score (nSPS) is 10.5. The largest absolute Gasteiger partial charge is 0.490 e. The average Bonchev–Trinajstić information content (AvgIpc) is 2.52. The maximum atomic E-state index is 6.15. The van der Waals surface area contributed by atoms with Crippen molar-refractivity contribution >= 4 is 11.6 Å². The molecule has 0 heterocycles. The SMILES string of the molecule is CCOc1ccc(CNCc2ccccc2Cl)cc1OCC. The fourth-order valence-electron chi connectivity index (χ4n) is 2.19. The second-order valence-corrected chi connectivity index (χ2v) is 5.25. The minimum atomic E-state index is 0.622. The first-order valence-electron chi connectivity index (χ1n) is 7.57. The first kappa shape index (κ1) is 16.7. The van der Waals surface area contributed by atoms with Crippen LogP contribution in [0, 0.1) is 0 Å². The molecule has 118 valence electrons. The van der Waals surface area contributed by atoms with Crippen molar-refractivity contribution in [3.8, 4) is 11.5 Å². The lowest BCUT2D eigenvalue weighted by atomic mass is 10.2. The van der Waals surface area contributed by atoms with Gasteiger partial charge in [-0.3, -0.25) is 0 Å². The third-order valence-electron chi connectivity index (χ3n) is 3.21. The number of hydrogen-bond acceptors (Lipinski definition) is 3. The predicted octanol–water partition coefficient (Wildman–Crippen LogP) is 4.43. The molecule has 22 heavy (non-hydrogen) atoms. The van der Waals surface area contributed by atoms with E-state index < -0.39 is 0 Å². The van der Waals surface area contributed by atoms with Gasteiger partial charge >= 0.3 is 0 Å². The van der Waals surface area contributed by atoms with Crippen LogP contribution in [0.25, 0.3) is 0 Å². The Kier molecular flexibility index (Phi) is 6.56. The monoisotopic (exact) mass is 319 g/mol. The van der Waals surface area contributed by atoms with E-state index >= 15 is 0 Å². The molecule has 4 heteroatoms. The minimum Gasteiger partial charge on any atom is -0.490 e. The number of halogens is 1. The van der Waals surface area contributed by atoms with Crippen LogP contribution in [-0.2, 0) is 13.1 Å². The molecular weight excluding hydrogens is 298 g/mol. The van der Waals surface area contributed by atoms with E-state index in [0.717, 1.165) is 40.7 Å². The van der Waals surface area contributed by atoms with Crippen LogP contribution in [0.4, 0.5) is 0 Å². The Hall–Kier alpha value is -1.71. The highest BCUT2D eigenvalue weighted by Gasteiger charge is 2.06. The summed E-state index contributed by atoms with van der Waals surface area (Å²) < 4.78 is 11.2. The Labute approximate surface area is 137 Å². The van der Waals surface area contributed by atoms with Crippen molar-refractivity contribution in [1.29, 1.82) is 0 Å². The smallest absolute Gasteiger partial charge is 0.161 e. The predicted molar refractivity (Wildman–Crippen MR) is 90.8 cm³/mol. The zero-order chi connectivity index (χ0) is 15.8. The molecule has 0 unspecified atom stereocenters. The van der Waals surface area contributed by atoms with E-state index in [1.807, 2.05) is 56.3 Å². The summed E-state index contributed by atoms with van der Waals surface area (Å²) in [5.74, 6) is 1.58. The van der Waals surface area contributed by atoms with Gasteiger partial charge in [-0.15, -0.1) is 0 Å². The summed E-state index contributed by atoms with van der Waals surface area (Å²) in [5.41, 5.74) is 2.25. The van der Waals surface area contributed by atoms with Crippen LogP contribution in [0.15, 0.2) is 42.5 Å². The number of nitrogens with one attached hydrogen (secondary N) is 1. The molecule has 0 amide bonds. The first-order chi connectivity index (χ1) is 10.7. The molecule has 1 N–H and O–H groups in total. The lowest BCUT2D eigenvalue weighted by Gasteiger charge is -2.13. The van der Waals surface area contributed by atoms with Gasteiger partial charge in [0.15, 0.2) is 11.5 Å². The molecule has 2 aromatic rings. The molecule has 0 bridgehead atoms. The van der Waals surface area contributed by atoms with Gasteiger partial charge in [-0.1, -0.05) is 35.9 Å². The van der Waals surface area contributed by atoms with Crippen molar-refractivity contribution in [3.05, 3.63) is 58.6 Å². The Morgan fingerprint density at radius 2 is 1.64 bits per heavy atom. The van der Waals surface area contributed by atoms with E-state index in [-0.39, 0.29) is 0 Å². The summed E-state index contributed by atoms with van der Waals surface area (Å²) in [4.78, 5) is 0. The molecule has 0 aromatic heterocycles. The van der Waals surface area contributed by atoms with Crippen LogP contribution in [0.3, 0.4) is 0 Å². The van der Waals surface area contributed by atoms with Gasteiger partial charge in [0.2, 0.25) is 0 Å². The molecule has 0 fully saturated rings. The maximum Gasteiger partial charge on any atom is 0.161 e. The Morgan fingerprint density at radius 3 is 2.36 bits per heavy atom. The van der Waals surface area contributed by atoms with Crippen molar-refractivity contribution in [2.75, 3.05) is 13.2 Å². The van der Waals surface area contributed by atoms with Gasteiger partial charge < -0.3 is 14.8 Å². The van der Waals surface area contributed by atoms with Gasteiger partial charge in [0.05, 0.1) is 13.2 Å². The zero-order valence-corrected chi connectivity index (χ0v) is 13.8. The molecule has 0 aliphatic heterocycles. The first-order valence-corrected chi connectivity index (χ1v) is 7.95. The van der Waals surface area contributed by atoms with E-state index in [2.05, 4.69) is 5.32 Å². The standard InChI is InChI=1S/C18H22ClNO2/c1-3-21-17-10-9-14(11-18(17)22-4-2)12-20-13-15-7-5-6-8-16(15)19/h5-11,20H,3-4,12-13H2,1-2H3. The summed E-state index contributed by atoms with van der Waals surface area (Å²) in [7, 11) is 0. The van der Waals surface area contributed by atoms with Crippen LogP contribution in [0.1, 0.15) is 25.0 Å². The highest BCUT2D eigenvalue weighted by Crippen LogP contribution is 2.28. The molecule has 0 aliphatic carbocycles. The molecule has 3 nitrogen and oxygen atoms in total. The third kappa shape index (κ3) is 4.65. The van der Waals surface area contributed by atoms with Gasteiger partial charge in [0.1, 0.15) is 0 Å². The summed E-state index contributed by atoms with van der Waals surface area (Å²) in [5, 5.41) is 4.19. The number of ether oxygens (including phenoxy) is 2. The van der Waals surface area contributed by atoms with E-state index in [1.54, 1.807) is 0 Å². The van der Waals surface area contributed by atoms with E-state index in [4.69, 9.17) is 21.1 Å². The van der Waals surface area contributed by atoms with Crippen molar-refractivity contribution in [3.63, 3.8) is 0 Å². The average molecular weight is 320 g/mol. The highest BCUT2D eigenvalue weighted by atomic mass is 35.5. The minimum absolute atomic E-state index is 0.622. The van der Waals surface area contributed by atoms with E-state index in [9.17, 15) is 0 Å². The summed E-state index contributed by atoms with van der Waals surface area (Å²) >= 11 is 6.15. The summed E-state index contributed by atoms with van der Waals surface area (Å²) in [6.07, 6.45) is 0. The maximum absolute atomic E-state index is 6.15. The quantitative estimate of drug-likeness (QED) is 0.781. The van der Waals surface area contributed by atoms with Gasteiger partial charge in [-0.2, -0.15) is 0 Å². The zero-order valence-electron chi connectivity index (χ0n) is 13.1. The van der Waals surface area contributed by atoms with Gasteiger partial charge in [-0.05, 0) is 43.2 Å². The lowest BCUT2D eigenvalue weighted by molar-refractivity contribution is 0.287. The summed E-state index contributed by atoms with van der Waals surface area (Å²) in [6, 6.07) is 13.9. The van der Waals surface area contributed by atoms with Crippen molar-refractivity contribution in [2.45, 2.75) is 26.9 Å². The van der Waals surface area contributed by atoms with Gasteiger partial charge in [-0.25, -0.2) is 0 Å². The Morgan fingerprint density at radius 1 is 0.909 bits per heavy atom. The molecule has 0 saturated heterocycles. The Balaban J connectivity index is 1.97. The molecule has 0 radical (unpaired) electrons. The van der Waals surface area contributed by atoms with Crippen LogP contribution < -0.4 is 14.8 Å². The Bertz CT molecular complexity index is 601. The van der Waals surface area contributed by atoms with Crippen molar-refractivity contribution < 1.29 is 9.47 Å². The molecule has 0 aliphatic rings. The lowest BCUT2D eigenvalue weighted by Crippen LogP contribution is -2.13. The van der Waals surface area contributed by atoms with Crippen LogP contribution in [0.5, 0.6) is 11.5 Å². The van der Waals surface area contributed by atoms with Crippen LogP contribution >= 0.6 is 11.6 Å². The van der Waals surface area contributed by atoms with Crippen molar-refractivity contribution in [1.82, 2.24) is 5.32 Å². The van der Waals surface area contributed by atoms with Gasteiger partial charge in [0, 0.05) is 18.1 Å². The topological polar surface area (TPSA) is 30.5 Å². The second-order valence-electron chi connectivity index (χ2n) is 4.84. The van der Waals surface area contributed by atoms with E-state index in [1.165, 1.54) is 0 Å². The summed E-state index contributed by atoms with van der Waals surface area (Å²) in [6.45, 7) is 6.67. The number of rotatable bonds is 8. The van der Waals surface area contributed by atoms with Crippen molar-refractivity contribution in [2.24, 2.45) is 0 Å². The number of benzene rings is 2. The molecule has 2 rings (SSSR count). The number of hydrogen-bond donors (Lipinski definition) is 1.